The minimum atomic E-state index is -0.149. The number of carbonyl (C=O) groups is 1. The van der Waals surface area contributed by atoms with E-state index in [9.17, 15) is 9.90 Å². The number of nitrogens with zero attached hydrogens (tertiary/aromatic N) is 1. The second kappa shape index (κ2) is 7.70. The van der Waals surface area contributed by atoms with Crippen molar-refractivity contribution in [2.75, 3.05) is 27.3 Å². The van der Waals surface area contributed by atoms with Crippen LogP contribution < -0.4 is 9.47 Å². The zero-order chi connectivity index (χ0) is 20.5. The normalized spacial score (nSPS) is 14.9. The van der Waals surface area contributed by atoms with E-state index in [4.69, 9.17) is 9.47 Å². The quantitative estimate of drug-likeness (QED) is 0.695. The predicted molar refractivity (Wildman–Crippen MR) is 112 cm³/mol. The summed E-state index contributed by atoms with van der Waals surface area (Å²) >= 11 is 0. The number of H-pyrrole nitrogens is 1. The highest BCUT2D eigenvalue weighted by Crippen LogP contribution is 2.36. The van der Waals surface area contributed by atoms with Crippen molar-refractivity contribution in [3.63, 3.8) is 0 Å². The van der Waals surface area contributed by atoms with E-state index in [2.05, 4.69) is 17.2 Å². The number of benzene rings is 2. The zero-order valence-corrected chi connectivity index (χ0v) is 17.0. The molecule has 1 amide bonds. The molecular weight excluding hydrogens is 368 g/mol. The van der Waals surface area contributed by atoms with Crippen LogP contribution in [-0.2, 0) is 0 Å². The number of aromatic amines is 1. The van der Waals surface area contributed by atoms with Gasteiger partial charge in [0, 0.05) is 30.2 Å². The third-order valence-corrected chi connectivity index (χ3v) is 5.81. The molecule has 1 fully saturated rings. The number of aromatic nitrogens is 1. The van der Waals surface area contributed by atoms with Crippen molar-refractivity contribution in [3.8, 4) is 17.2 Å². The van der Waals surface area contributed by atoms with Gasteiger partial charge in [-0.05, 0) is 67.1 Å². The first-order valence-electron chi connectivity index (χ1n) is 9.83. The maximum absolute atomic E-state index is 13.0. The second-order valence-electron chi connectivity index (χ2n) is 7.59. The molecule has 1 aromatic heterocycles. The maximum Gasteiger partial charge on any atom is 0.257 e. The summed E-state index contributed by atoms with van der Waals surface area (Å²) in [5.41, 5.74) is 3.55. The van der Waals surface area contributed by atoms with Crippen LogP contribution in [0.3, 0.4) is 0 Å². The number of aromatic hydroxyl groups is 1. The Hall–Kier alpha value is -3.15. The SMILES string of the molecule is COc1ccc2[nH]cc(C3CCN(C(=O)c4cc(C)cc(OC)c4O)CC3)c2c1. The summed E-state index contributed by atoms with van der Waals surface area (Å²) in [7, 11) is 3.16. The monoisotopic (exact) mass is 394 g/mol. The first-order chi connectivity index (χ1) is 14.0. The fourth-order valence-electron chi connectivity index (χ4n) is 4.21. The summed E-state index contributed by atoms with van der Waals surface area (Å²) in [5, 5.41) is 11.6. The molecule has 0 aliphatic carbocycles. The number of rotatable bonds is 4. The van der Waals surface area contributed by atoms with Crippen LogP contribution in [-0.4, -0.2) is 48.2 Å². The van der Waals surface area contributed by atoms with Crippen molar-refractivity contribution >= 4 is 16.8 Å². The number of likely N-dealkylation sites (tertiary alicyclic amines) is 1. The number of carbonyl (C=O) groups excluding carboxylic acids is 1. The molecule has 0 unspecified atom stereocenters. The number of phenolic OH excluding ortho intramolecular Hbond substituents is 1. The molecule has 0 atom stereocenters. The summed E-state index contributed by atoms with van der Waals surface area (Å²) in [6.07, 6.45) is 3.82. The summed E-state index contributed by atoms with van der Waals surface area (Å²) in [6.45, 7) is 3.18. The number of methoxy groups -OCH3 is 2. The van der Waals surface area contributed by atoms with Crippen molar-refractivity contribution in [1.29, 1.82) is 0 Å². The van der Waals surface area contributed by atoms with Crippen LogP contribution in [0, 0.1) is 6.92 Å². The van der Waals surface area contributed by atoms with Gasteiger partial charge in [-0.25, -0.2) is 0 Å². The molecular formula is C23H26N2O4. The van der Waals surface area contributed by atoms with Crippen LogP contribution in [0.25, 0.3) is 10.9 Å². The Kier molecular flexibility index (Phi) is 5.09. The highest BCUT2D eigenvalue weighted by Gasteiger charge is 2.28. The summed E-state index contributed by atoms with van der Waals surface area (Å²) in [5.74, 6) is 1.31. The van der Waals surface area contributed by atoms with Crippen molar-refractivity contribution < 1.29 is 19.4 Å². The molecule has 3 aromatic rings. The molecule has 2 N–H and O–H groups in total. The van der Waals surface area contributed by atoms with E-state index in [-0.39, 0.29) is 11.7 Å². The smallest absolute Gasteiger partial charge is 0.257 e. The van der Waals surface area contributed by atoms with Gasteiger partial charge in [-0.2, -0.15) is 0 Å². The lowest BCUT2D eigenvalue weighted by Crippen LogP contribution is -2.38. The van der Waals surface area contributed by atoms with Crippen LogP contribution in [0.1, 0.15) is 40.2 Å². The van der Waals surface area contributed by atoms with Crippen molar-refractivity contribution in [1.82, 2.24) is 9.88 Å². The van der Waals surface area contributed by atoms with Crippen LogP contribution in [0.4, 0.5) is 0 Å². The lowest BCUT2D eigenvalue weighted by molar-refractivity contribution is 0.0709. The molecule has 0 spiro atoms. The van der Waals surface area contributed by atoms with E-state index >= 15 is 0 Å². The number of amides is 1. The lowest BCUT2D eigenvalue weighted by Gasteiger charge is -2.32. The molecule has 4 rings (SSSR count). The molecule has 6 nitrogen and oxygen atoms in total. The molecule has 152 valence electrons. The molecule has 1 aliphatic rings. The Morgan fingerprint density at radius 2 is 1.90 bits per heavy atom. The van der Waals surface area contributed by atoms with Crippen LogP contribution >= 0.6 is 0 Å². The number of ether oxygens (including phenoxy) is 2. The second-order valence-corrected chi connectivity index (χ2v) is 7.59. The molecule has 0 bridgehead atoms. The number of nitrogens with one attached hydrogen (secondary N) is 1. The van der Waals surface area contributed by atoms with E-state index in [0.717, 1.165) is 29.7 Å². The number of piperidine rings is 1. The topological polar surface area (TPSA) is 74.8 Å². The third-order valence-electron chi connectivity index (χ3n) is 5.81. The van der Waals surface area contributed by atoms with E-state index in [1.165, 1.54) is 18.1 Å². The Bertz CT molecular complexity index is 1050. The zero-order valence-electron chi connectivity index (χ0n) is 17.0. The molecule has 6 heteroatoms. The van der Waals surface area contributed by atoms with Crippen LogP contribution in [0.5, 0.6) is 17.2 Å². The summed E-state index contributed by atoms with van der Waals surface area (Å²) in [6, 6.07) is 9.49. The standard InChI is InChI=1S/C23H26N2O4/c1-14-10-18(22(26)21(11-14)29-3)23(27)25-8-6-15(7-9-25)19-13-24-20-5-4-16(28-2)12-17(19)20/h4-5,10-13,15,24,26H,6-9H2,1-3H3. The Labute approximate surface area is 170 Å². The van der Waals surface area contributed by atoms with Crippen LogP contribution in [0.15, 0.2) is 36.5 Å². The predicted octanol–water partition coefficient (Wildman–Crippen LogP) is 4.22. The molecule has 1 saturated heterocycles. The summed E-state index contributed by atoms with van der Waals surface area (Å²) < 4.78 is 10.6. The molecule has 0 radical (unpaired) electrons. The van der Waals surface area contributed by atoms with Crippen molar-refractivity contribution in [3.05, 3.63) is 53.2 Å². The van der Waals surface area contributed by atoms with Crippen LogP contribution in [0.2, 0.25) is 0 Å². The van der Waals surface area contributed by atoms with Crippen molar-refractivity contribution in [2.45, 2.75) is 25.7 Å². The van der Waals surface area contributed by atoms with Gasteiger partial charge in [0.25, 0.3) is 5.91 Å². The number of fused-ring (bicyclic) bond motifs is 1. The Morgan fingerprint density at radius 3 is 2.59 bits per heavy atom. The van der Waals surface area contributed by atoms with Gasteiger partial charge < -0.3 is 24.5 Å². The molecule has 29 heavy (non-hydrogen) atoms. The fourth-order valence-corrected chi connectivity index (χ4v) is 4.21. The Balaban J connectivity index is 1.52. The number of hydrogen-bond donors (Lipinski definition) is 2. The number of aryl methyl sites for hydroxylation is 1. The average molecular weight is 394 g/mol. The highest BCUT2D eigenvalue weighted by molar-refractivity contribution is 5.98. The Morgan fingerprint density at radius 1 is 1.14 bits per heavy atom. The molecule has 1 aliphatic heterocycles. The van der Waals surface area contributed by atoms with E-state index < -0.39 is 0 Å². The van der Waals surface area contributed by atoms with Gasteiger partial charge in [-0.15, -0.1) is 0 Å². The van der Waals surface area contributed by atoms with Gasteiger partial charge in [-0.3, -0.25) is 4.79 Å². The maximum atomic E-state index is 13.0. The number of hydrogen-bond acceptors (Lipinski definition) is 4. The average Bonchev–Trinajstić information content (AvgIpc) is 3.17. The highest BCUT2D eigenvalue weighted by atomic mass is 16.5. The van der Waals surface area contributed by atoms with Gasteiger partial charge in [0.2, 0.25) is 0 Å². The first kappa shape index (κ1) is 19.2. The molecule has 2 heterocycles. The van der Waals surface area contributed by atoms with E-state index in [0.29, 0.717) is 30.3 Å². The van der Waals surface area contributed by atoms with Gasteiger partial charge >= 0.3 is 0 Å². The minimum absolute atomic E-state index is 0.0889. The summed E-state index contributed by atoms with van der Waals surface area (Å²) in [4.78, 5) is 18.2. The number of phenols is 1. The lowest BCUT2D eigenvalue weighted by atomic mass is 9.89. The fraction of sp³-hybridized carbons (Fsp3) is 0.348. The third kappa shape index (κ3) is 3.50. The molecule has 0 saturated carbocycles. The van der Waals surface area contributed by atoms with Crippen molar-refractivity contribution in [2.24, 2.45) is 0 Å². The van der Waals surface area contributed by atoms with Gasteiger partial charge in [0.15, 0.2) is 11.5 Å². The van der Waals surface area contributed by atoms with E-state index in [1.54, 1.807) is 19.2 Å². The van der Waals surface area contributed by atoms with Gasteiger partial charge in [0.1, 0.15) is 5.75 Å². The minimum Gasteiger partial charge on any atom is -0.504 e. The van der Waals surface area contributed by atoms with Gasteiger partial charge in [0.05, 0.1) is 19.8 Å². The molecule has 2 aromatic carbocycles. The first-order valence-corrected chi connectivity index (χ1v) is 9.83. The van der Waals surface area contributed by atoms with Gasteiger partial charge in [-0.1, -0.05) is 0 Å². The van der Waals surface area contributed by atoms with E-state index in [1.807, 2.05) is 24.0 Å². The largest absolute Gasteiger partial charge is 0.504 e.